The van der Waals surface area contributed by atoms with Crippen LogP contribution in [0.3, 0.4) is 0 Å². The highest BCUT2D eigenvalue weighted by atomic mass is 16.2. The van der Waals surface area contributed by atoms with Gasteiger partial charge in [0, 0.05) is 19.3 Å². The highest BCUT2D eigenvalue weighted by molar-refractivity contribution is 5.76. The lowest BCUT2D eigenvalue weighted by atomic mass is 10.3. The molecule has 0 unspecified atom stereocenters. The summed E-state index contributed by atoms with van der Waals surface area (Å²) in [6.07, 6.45) is 8.42. The van der Waals surface area contributed by atoms with Crippen molar-refractivity contribution in [3.8, 4) is 0 Å². The number of hydrogen-bond donors (Lipinski definition) is 1. The van der Waals surface area contributed by atoms with Gasteiger partial charge in [-0.25, -0.2) is 0 Å². The second-order valence-electron chi connectivity index (χ2n) is 5.66. The summed E-state index contributed by atoms with van der Waals surface area (Å²) in [7, 11) is 0. The number of amides is 1. The predicted molar refractivity (Wildman–Crippen MR) is 68.7 cm³/mol. The Morgan fingerprint density at radius 2 is 1.94 bits per heavy atom. The molecule has 2 saturated carbocycles. The molecule has 2 N–H and O–H groups in total. The first kappa shape index (κ1) is 11.6. The molecule has 0 bridgehead atoms. The van der Waals surface area contributed by atoms with Crippen molar-refractivity contribution >= 4 is 11.6 Å². The molecule has 1 heterocycles. The zero-order valence-electron chi connectivity index (χ0n) is 10.6. The number of carbonyl (C=O) groups is 1. The van der Waals surface area contributed by atoms with E-state index in [4.69, 9.17) is 5.73 Å². The number of nitrogens with two attached hydrogens (primary N) is 1. The summed E-state index contributed by atoms with van der Waals surface area (Å²) in [5, 5.41) is 4.07. The minimum atomic E-state index is 0.178. The average molecular weight is 248 g/mol. The van der Waals surface area contributed by atoms with Crippen LogP contribution < -0.4 is 5.73 Å². The second-order valence-corrected chi connectivity index (χ2v) is 5.66. The van der Waals surface area contributed by atoms with E-state index in [0.29, 0.717) is 12.2 Å². The fraction of sp³-hybridized carbons (Fsp3) is 0.692. The smallest absolute Gasteiger partial charge is 0.244 e. The number of nitrogens with zero attached hydrogens (tertiary/aromatic N) is 3. The quantitative estimate of drug-likeness (QED) is 0.820. The van der Waals surface area contributed by atoms with Gasteiger partial charge in [-0.1, -0.05) is 0 Å². The van der Waals surface area contributed by atoms with Gasteiger partial charge in [0.1, 0.15) is 6.54 Å². The average Bonchev–Trinajstić information content (AvgIpc) is 3.23. The van der Waals surface area contributed by atoms with Crippen LogP contribution in [0.1, 0.15) is 25.7 Å². The molecule has 18 heavy (non-hydrogen) atoms. The third-order valence-electron chi connectivity index (χ3n) is 3.65. The fourth-order valence-corrected chi connectivity index (χ4v) is 2.21. The molecule has 2 aliphatic carbocycles. The maximum Gasteiger partial charge on any atom is 0.244 e. The summed E-state index contributed by atoms with van der Waals surface area (Å²) in [6.45, 7) is 2.19. The van der Waals surface area contributed by atoms with E-state index in [-0.39, 0.29) is 5.91 Å². The lowest BCUT2D eigenvalue weighted by Crippen LogP contribution is -2.37. The number of nitrogen functional groups attached to an aromatic ring is 1. The van der Waals surface area contributed by atoms with E-state index >= 15 is 0 Å². The van der Waals surface area contributed by atoms with Crippen LogP contribution in [0.15, 0.2) is 12.4 Å². The van der Waals surface area contributed by atoms with E-state index in [1.165, 1.54) is 25.7 Å². The molecule has 2 fully saturated rings. The van der Waals surface area contributed by atoms with Gasteiger partial charge in [0.15, 0.2) is 0 Å². The summed E-state index contributed by atoms with van der Waals surface area (Å²) in [4.78, 5) is 14.3. The molecule has 0 aromatic carbocycles. The maximum absolute atomic E-state index is 12.3. The SMILES string of the molecule is Nc1cnn(CC(=O)N(CC2CC2)CC2CC2)c1. The van der Waals surface area contributed by atoms with E-state index < -0.39 is 0 Å². The molecule has 5 nitrogen and oxygen atoms in total. The first-order valence-corrected chi connectivity index (χ1v) is 6.76. The van der Waals surface area contributed by atoms with E-state index in [9.17, 15) is 4.79 Å². The van der Waals surface area contributed by atoms with Crippen molar-refractivity contribution in [2.45, 2.75) is 32.2 Å². The van der Waals surface area contributed by atoms with Gasteiger partial charge < -0.3 is 10.6 Å². The molecule has 1 aromatic rings. The zero-order chi connectivity index (χ0) is 12.5. The summed E-state index contributed by atoms with van der Waals surface area (Å²) in [5.41, 5.74) is 6.21. The Kier molecular flexibility index (Phi) is 2.97. The predicted octanol–water partition coefficient (Wildman–Crippen LogP) is 1.11. The first-order chi connectivity index (χ1) is 8.70. The molecule has 98 valence electrons. The molecule has 1 amide bonds. The van der Waals surface area contributed by atoms with E-state index in [0.717, 1.165) is 24.9 Å². The number of anilines is 1. The third-order valence-corrected chi connectivity index (χ3v) is 3.65. The van der Waals surface area contributed by atoms with Crippen LogP contribution in [-0.2, 0) is 11.3 Å². The molecule has 0 aliphatic heterocycles. The van der Waals surface area contributed by atoms with Gasteiger partial charge in [0.25, 0.3) is 0 Å². The van der Waals surface area contributed by atoms with Crippen LogP contribution in [0.4, 0.5) is 5.69 Å². The molecule has 1 aromatic heterocycles. The van der Waals surface area contributed by atoms with E-state index in [1.54, 1.807) is 17.1 Å². The molecule has 0 saturated heterocycles. The minimum absolute atomic E-state index is 0.178. The summed E-state index contributed by atoms with van der Waals surface area (Å²) < 4.78 is 1.63. The number of hydrogen-bond acceptors (Lipinski definition) is 3. The van der Waals surface area contributed by atoms with Crippen LogP contribution in [0.5, 0.6) is 0 Å². The molecule has 0 atom stereocenters. The molecular formula is C13H20N4O. The van der Waals surface area contributed by atoms with Crippen molar-refractivity contribution < 1.29 is 4.79 Å². The summed E-state index contributed by atoms with van der Waals surface area (Å²) in [6, 6.07) is 0. The van der Waals surface area contributed by atoms with Crippen LogP contribution >= 0.6 is 0 Å². The van der Waals surface area contributed by atoms with Crippen LogP contribution in [-0.4, -0.2) is 33.7 Å². The Hall–Kier alpha value is -1.52. The van der Waals surface area contributed by atoms with Gasteiger partial charge in [-0.2, -0.15) is 5.10 Å². The van der Waals surface area contributed by atoms with Gasteiger partial charge in [0.05, 0.1) is 11.9 Å². The van der Waals surface area contributed by atoms with Gasteiger partial charge in [0.2, 0.25) is 5.91 Å². The highest BCUT2D eigenvalue weighted by Gasteiger charge is 2.31. The van der Waals surface area contributed by atoms with Crippen molar-refractivity contribution in [2.75, 3.05) is 18.8 Å². The van der Waals surface area contributed by atoms with Crippen molar-refractivity contribution in [3.05, 3.63) is 12.4 Å². The Balaban J connectivity index is 1.58. The summed E-state index contributed by atoms with van der Waals surface area (Å²) in [5.74, 6) is 1.67. The molecule has 3 rings (SSSR count). The van der Waals surface area contributed by atoms with Gasteiger partial charge in [-0.15, -0.1) is 0 Å². The van der Waals surface area contributed by atoms with Crippen molar-refractivity contribution in [1.82, 2.24) is 14.7 Å². The van der Waals surface area contributed by atoms with E-state index in [2.05, 4.69) is 5.10 Å². The van der Waals surface area contributed by atoms with E-state index in [1.807, 2.05) is 4.90 Å². The normalized spacial score (nSPS) is 18.9. The van der Waals surface area contributed by atoms with Crippen molar-refractivity contribution in [1.29, 1.82) is 0 Å². The van der Waals surface area contributed by atoms with Crippen LogP contribution in [0.2, 0.25) is 0 Å². The standard InChI is InChI=1S/C13H20N4O/c14-12-5-15-17(8-12)9-13(18)16(6-10-1-2-10)7-11-3-4-11/h5,8,10-11H,1-4,6-7,9,14H2. The lowest BCUT2D eigenvalue weighted by Gasteiger charge is -2.22. The molecule has 0 spiro atoms. The van der Waals surface area contributed by atoms with Crippen molar-refractivity contribution in [3.63, 3.8) is 0 Å². The Morgan fingerprint density at radius 1 is 1.33 bits per heavy atom. The van der Waals surface area contributed by atoms with Gasteiger partial charge >= 0.3 is 0 Å². The monoisotopic (exact) mass is 248 g/mol. The minimum Gasteiger partial charge on any atom is -0.396 e. The Labute approximate surface area is 107 Å². The lowest BCUT2D eigenvalue weighted by molar-refractivity contribution is -0.132. The molecule has 0 radical (unpaired) electrons. The van der Waals surface area contributed by atoms with Crippen LogP contribution in [0.25, 0.3) is 0 Å². The Morgan fingerprint density at radius 3 is 2.39 bits per heavy atom. The zero-order valence-corrected chi connectivity index (χ0v) is 10.6. The number of rotatable bonds is 6. The number of carbonyl (C=O) groups excluding carboxylic acids is 1. The fourth-order valence-electron chi connectivity index (χ4n) is 2.21. The topological polar surface area (TPSA) is 64.1 Å². The molecular weight excluding hydrogens is 228 g/mol. The Bertz CT molecular complexity index is 420. The summed E-state index contributed by atoms with van der Waals surface area (Å²) >= 11 is 0. The third kappa shape index (κ3) is 3.03. The molecule has 2 aliphatic rings. The largest absolute Gasteiger partial charge is 0.396 e. The van der Waals surface area contributed by atoms with Gasteiger partial charge in [-0.05, 0) is 37.5 Å². The number of aromatic nitrogens is 2. The maximum atomic E-state index is 12.3. The van der Waals surface area contributed by atoms with Crippen LogP contribution in [0, 0.1) is 11.8 Å². The van der Waals surface area contributed by atoms with Crippen molar-refractivity contribution in [2.24, 2.45) is 11.8 Å². The van der Waals surface area contributed by atoms with Gasteiger partial charge in [-0.3, -0.25) is 9.48 Å². The molecule has 5 heteroatoms. The first-order valence-electron chi connectivity index (χ1n) is 6.76. The highest BCUT2D eigenvalue weighted by Crippen LogP contribution is 2.33. The second kappa shape index (κ2) is 4.63.